The highest BCUT2D eigenvalue weighted by molar-refractivity contribution is 6.67. The van der Waals surface area contributed by atoms with E-state index in [-0.39, 0.29) is 11.1 Å². The number of ether oxygens (including phenoxy) is 1. The van der Waals surface area contributed by atoms with Gasteiger partial charge in [0.1, 0.15) is 5.75 Å². The number of benzene rings is 3. The largest absolute Gasteiger partial charge is 0.422 e. The molecule has 0 heterocycles. The smallest absolute Gasteiger partial charge is 0.343 e. The van der Waals surface area contributed by atoms with Crippen LogP contribution in [-0.4, -0.2) is 11.2 Å². The summed E-state index contributed by atoms with van der Waals surface area (Å²) in [5, 5.41) is -0.616. The Labute approximate surface area is 144 Å². The zero-order chi connectivity index (χ0) is 16.9. The lowest BCUT2D eigenvalue weighted by molar-refractivity contribution is 0.0735. The van der Waals surface area contributed by atoms with Crippen molar-refractivity contribution in [2.45, 2.75) is 0 Å². The fourth-order valence-electron chi connectivity index (χ4n) is 2.34. The van der Waals surface area contributed by atoms with Crippen LogP contribution in [0.25, 0.3) is 11.1 Å². The van der Waals surface area contributed by atoms with Gasteiger partial charge in [0.2, 0.25) is 0 Å². The molecule has 24 heavy (non-hydrogen) atoms. The molecule has 3 nitrogen and oxygen atoms in total. The van der Waals surface area contributed by atoms with Crippen LogP contribution >= 0.6 is 11.6 Å². The molecule has 0 aromatic heterocycles. The number of rotatable bonds is 4. The standard InChI is InChI=1S/C20H13ClO3/c21-19(22)15-9-6-10-16(13-15)20(23)24-18-12-5-4-11-17(18)14-7-2-1-3-8-14/h1-13H. The van der Waals surface area contributed by atoms with Gasteiger partial charge in [-0.25, -0.2) is 4.79 Å². The highest BCUT2D eigenvalue weighted by Crippen LogP contribution is 2.30. The van der Waals surface area contributed by atoms with Gasteiger partial charge in [0.05, 0.1) is 5.56 Å². The summed E-state index contributed by atoms with van der Waals surface area (Å²) in [6.07, 6.45) is 0. The van der Waals surface area contributed by atoms with E-state index in [1.807, 2.05) is 42.5 Å². The van der Waals surface area contributed by atoms with E-state index < -0.39 is 11.2 Å². The number of halogens is 1. The lowest BCUT2D eigenvalue weighted by Crippen LogP contribution is -2.10. The van der Waals surface area contributed by atoms with Gasteiger partial charge in [-0.3, -0.25) is 4.79 Å². The quantitative estimate of drug-likeness (QED) is 0.384. The van der Waals surface area contributed by atoms with Crippen molar-refractivity contribution in [2.75, 3.05) is 0 Å². The van der Waals surface area contributed by atoms with Gasteiger partial charge in [-0.05, 0) is 35.4 Å². The third-order valence-corrected chi connectivity index (χ3v) is 3.72. The molecule has 0 radical (unpaired) electrons. The van der Waals surface area contributed by atoms with Gasteiger partial charge >= 0.3 is 5.97 Å². The average Bonchev–Trinajstić information content (AvgIpc) is 2.63. The topological polar surface area (TPSA) is 43.4 Å². The Morgan fingerprint density at radius 3 is 2.17 bits per heavy atom. The second-order valence-electron chi connectivity index (χ2n) is 5.11. The molecule has 0 N–H and O–H groups in total. The van der Waals surface area contributed by atoms with Crippen LogP contribution in [0.3, 0.4) is 0 Å². The Bertz CT molecular complexity index is 888. The van der Waals surface area contributed by atoms with Crippen LogP contribution in [0.15, 0.2) is 78.9 Å². The minimum absolute atomic E-state index is 0.252. The lowest BCUT2D eigenvalue weighted by atomic mass is 10.0. The summed E-state index contributed by atoms with van der Waals surface area (Å²) >= 11 is 5.45. The minimum atomic E-state index is -0.616. The zero-order valence-electron chi connectivity index (χ0n) is 12.6. The Morgan fingerprint density at radius 1 is 0.750 bits per heavy atom. The minimum Gasteiger partial charge on any atom is -0.422 e. The maximum absolute atomic E-state index is 12.4. The van der Waals surface area contributed by atoms with Crippen molar-refractivity contribution in [1.29, 1.82) is 0 Å². The van der Waals surface area contributed by atoms with Crippen molar-refractivity contribution in [3.8, 4) is 16.9 Å². The van der Waals surface area contributed by atoms with Crippen molar-refractivity contribution >= 4 is 22.8 Å². The van der Waals surface area contributed by atoms with Crippen molar-refractivity contribution in [1.82, 2.24) is 0 Å². The molecule has 0 amide bonds. The van der Waals surface area contributed by atoms with Gasteiger partial charge in [-0.15, -0.1) is 0 Å². The molecule has 0 saturated heterocycles. The molecular weight excluding hydrogens is 324 g/mol. The first-order chi connectivity index (χ1) is 11.6. The molecule has 0 saturated carbocycles. The lowest BCUT2D eigenvalue weighted by Gasteiger charge is -2.10. The van der Waals surface area contributed by atoms with Gasteiger partial charge in [0.25, 0.3) is 5.24 Å². The van der Waals surface area contributed by atoms with Gasteiger partial charge in [-0.2, -0.15) is 0 Å². The van der Waals surface area contributed by atoms with E-state index in [2.05, 4.69) is 0 Å². The Balaban J connectivity index is 1.91. The van der Waals surface area contributed by atoms with Crippen LogP contribution < -0.4 is 4.74 Å². The van der Waals surface area contributed by atoms with Crippen LogP contribution in [0.4, 0.5) is 0 Å². The molecule has 0 atom stereocenters. The number of esters is 1. The van der Waals surface area contributed by atoms with Gasteiger partial charge in [0.15, 0.2) is 0 Å². The van der Waals surface area contributed by atoms with Crippen LogP contribution in [0.5, 0.6) is 5.75 Å². The molecule has 0 bridgehead atoms. The predicted molar refractivity (Wildman–Crippen MR) is 93.5 cm³/mol. The van der Waals surface area contributed by atoms with E-state index >= 15 is 0 Å². The second kappa shape index (κ2) is 7.11. The predicted octanol–water partition coefficient (Wildman–Crippen LogP) is 4.95. The Hall–Kier alpha value is -2.91. The van der Waals surface area contributed by atoms with Crippen LogP contribution in [-0.2, 0) is 0 Å². The summed E-state index contributed by atoms with van der Waals surface area (Å²) in [5.74, 6) is -0.0885. The summed E-state index contributed by atoms with van der Waals surface area (Å²) in [7, 11) is 0. The van der Waals surface area contributed by atoms with E-state index in [1.54, 1.807) is 30.3 Å². The van der Waals surface area contributed by atoms with Crippen molar-refractivity contribution in [3.63, 3.8) is 0 Å². The van der Waals surface area contributed by atoms with Gasteiger partial charge in [-0.1, -0.05) is 60.7 Å². The number of hydrogen-bond acceptors (Lipinski definition) is 3. The molecule has 3 rings (SSSR count). The summed E-state index contributed by atoms with van der Waals surface area (Å²) in [5.41, 5.74) is 2.29. The fourth-order valence-corrected chi connectivity index (χ4v) is 2.46. The van der Waals surface area contributed by atoms with Crippen molar-refractivity contribution < 1.29 is 14.3 Å². The fraction of sp³-hybridized carbons (Fsp3) is 0. The van der Waals surface area contributed by atoms with E-state index in [0.29, 0.717) is 5.75 Å². The second-order valence-corrected chi connectivity index (χ2v) is 5.45. The maximum Gasteiger partial charge on any atom is 0.343 e. The first-order valence-electron chi connectivity index (χ1n) is 7.31. The number of para-hydroxylation sites is 1. The summed E-state index contributed by atoms with van der Waals surface area (Å²) in [6, 6.07) is 23.1. The van der Waals surface area contributed by atoms with Crippen LogP contribution in [0, 0.1) is 0 Å². The van der Waals surface area contributed by atoms with E-state index in [0.717, 1.165) is 11.1 Å². The molecule has 0 aliphatic rings. The molecule has 0 spiro atoms. The molecule has 0 unspecified atom stereocenters. The summed E-state index contributed by atoms with van der Waals surface area (Å²) in [4.78, 5) is 23.6. The van der Waals surface area contributed by atoms with E-state index in [4.69, 9.17) is 16.3 Å². The first-order valence-corrected chi connectivity index (χ1v) is 7.69. The van der Waals surface area contributed by atoms with Gasteiger partial charge in [0, 0.05) is 11.1 Å². The molecule has 3 aromatic carbocycles. The van der Waals surface area contributed by atoms with Gasteiger partial charge < -0.3 is 4.74 Å². The number of carbonyl (C=O) groups excluding carboxylic acids is 2. The maximum atomic E-state index is 12.4. The molecule has 118 valence electrons. The normalized spacial score (nSPS) is 10.2. The molecule has 0 aliphatic heterocycles. The highest BCUT2D eigenvalue weighted by Gasteiger charge is 2.14. The van der Waals surface area contributed by atoms with Crippen LogP contribution in [0.1, 0.15) is 20.7 Å². The number of hydrogen-bond donors (Lipinski definition) is 0. The SMILES string of the molecule is O=C(Cl)c1cccc(C(=O)Oc2ccccc2-c2ccccc2)c1. The third kappa shape index (κ3) is 3.53. The molecule has 4 heteroatoms. The molecule has 3 aromatic rings. The summed E-state index contributed by atoms with van der Waals surface area (Å²) < 4.78 is 5.53. The van der Waals surface area contributed by atoms with Crippen LogP contribution in [0.2, 0.25) is 0 Å². The highest BCUT2D eigenvalue weighted by atomic mass is 35.5. The summed E-state index contributed by atoms with van der Waals surface area (Å²) in [6.45, 7) is 0. The monoisotopic (exact) mass is 336 g/mol. The Kier molecular flexibility index (Phi) is 4.73. The third-order valence-electron chi connectivity index (χ3n) is 3.50. The zero-order valence-corrected chi connectivity index (χ0v) is 13.4. The molecular formula is C20H13ClO3. The molecule has 0 aliphatic carbocycles. The molecule has 0 fully saturated rings. The Morgan fingerprint density at radius 2 is 1.42 bits per heavy atom. The van der Waals surface area contributed by atoms with E-state index in [9.17, 15) is 9.59 Å². The van der Waals surface area contributed by atoms with Crippen molar-refractivity contribution in [3.05, 3.63) is 90.0 Å². The number of carbonyl (C=O) groups is 2. The van der Waals surface area contributed by atoms with Crippen molar-refractivity contribution in [2.24, 2.45) is 0 Å². The van der Waals surface area contributed by atoms with E-state index in [1.165, 1.54) is 6.07 Å². The average molecular weight is 337 g/mol. The first kappa shape index (κ1) is 16.0.